The number of Topliss-reactive ketones (excluding diaryl/α,β-unsaturated/α-hetero) is 1. The van der Waals surface area contributed by atoms with E-state index >= 15 is 0 Å². The van der Waals surface area contributed by atoms with Gasteiger partial charge in [-0.3, -0.25) is 4.79 Å². The molecule has 1 unspecified atom stereocenters. The summed E-state index contributed by atoms with van der Waals surface area (Å²) in [5.74, 6) is -3.75. The summed E-state index contributed by atoms with van der Waals surface area (Å²) < 4.78 is 30.1. The first-order valence-electron chi connectivity index (χ1n) is 7.85. The molecule has 2 aromatic carbocycles. The molecule has 2 aromatic rings. The van der Waals surface area contributed by atoms with E-state index in [4.69, 9.17) is 4.18 Å². The summed E-state index contributed by atoms with van der Waals surface area (Å²) in [6.07, 6.45) is 0. The zero-order chi connectivity index (χ0) is 18.7. The van der Waals surface area contributed by atoms with Crippen LogP contribution in [0.1, 0.15) is 31.9 Å². The van der Waals surface area contributed by atoms with E-state index < -0.39 is 32.9 Å². The third kappa shape index (κ3) is 4.75. The second-order valence-electron chi connectivity index (χ2n) is 6.86. The van der Waals surface area contributed by atoms with Crippen molar-refractivity contribution in [2.75, 3.05) is 0 Å². The number of rotatable bonds is 6. The Kier molecular flexibility index (Phi) is 5.46. The topological polar surface area (TPSA) is 80.7 Å². The fourth-order valence-electron chi connectivity index (χ4n) is 2.38. The zero-order valence-corrected chi connectivity index (χ0v) is 15.3. The molecule has 0 aliphatic rings. The van der Waals surface area contributed by atoms with Crippen molar-refractivity contribution in [3.05, 3.63) is 71.8 Å². The minimum Gasteiger partial charge on any atom is -0.355 e. The predicted molar refractivity (Wildman–Crippen MR) is 95.0 cm³/mol. The highest BCUT2D eigenvalue weighted by molar-refractivity contribution is 7.86. The molecule has 6 heteroatoms. The first-order valence-corrected chi connectivity index (χ1v) is 9.42. The van der Waals surface area contributed by atoms with Crippen molar-refractivity contribution in [2.24, 2.45) is 5.41 Å². The van der Waals surface area contributed by atoms with Gasteiger partial charge < -0.3 is 5.11 Å². The molecule has 0 saturated carbocycles. The van der Waals surface area contributed by atoms with Crippen LogP contribution in [-0.4, -0.2) is 19.3 Å². The standard InChI is InChI=1S/C19H22O5S/c1-18(2,3)17(20)19(21,16-12-8-5-9-13-16)24-25(22,23)14-15-10-6-4-7-11-15/h4-13,21H,14H2,1-3H3. The Bertz CT molecular complexity index is 823. The molecular weight excluding hydrogens is 340 g/mol. The van der Waals surface area contributed by atoms with Gasteiger partial charge in [0.05, 0.1) is 0 Å². The van der Waals surface area contributed by atoms with Crippen molar-refractivity contribution in [3.8, 4) is 0 Å². The largest absolute Gasteiger partial charge is 0.355 e. The molecule has 1 atom stereocenters. The van der Waals surface area contributed by atoms with Crippen LogP contribution in [0.2, 0.25) is 0 Å². The molecule has 2 rings (SSSR count). The molecule has 0 aliphatic carbocycles. The Morgan fingerprint density at radius 3 is 1.92 bits per heavy atom. The van der Waals surface area contributed by atoms with Gasteiger partial charge in [0.15, 0.2) is 0 Å². The molecule has 0 bridgehead atoms. The summed E-state index contributed by atoms with van der Waals surface area (Å²) in [5, 5.41) is 10.9. The van der Waals surface area contributed by atoms with E-state index in [1.165, 1.54) is 12.1 Å². The monoisotopic (exact) mass is 362 g/mol. The van der Waals surface area contributed by atoms with Crippen LogP contribution in [0, 0.1) is 5.41 Å². The van der Waals surface area contributed by atoms with Crippen molar-refractivity contribution in [3.63, 3.8) is 0 Å². The fraction of sp³-hybridized carbons (Fsp3) is 0.316. The summed E-state index contributed by atoms with van der Waals surface area (Å²) >= 11 is 0. The molecule has 0 saturated heterocycles. The average Bonchev–Trinajstić information content (AvgIpc) is 2.54. The van der Waals surface area contributed by atoms with Gasteiger partial charge in [-0.2, -0.15) is 8.42 Å². The van der Waals surface area contributed by atoms with E-state index in [1.54, 1.807) is 69.3 Å². The molecule has 0 amide bonds. The number of aliphatic hydroxyl groups is 1. The lowest BCUT2D eigenvalue weighted by Gasteiger charge is -2.32. The third-order valence-electron chi connectivity index (χ3n) is 3.59. The maximum absolute atomic E-state index is 12.8. The molecule has 0 aromatic heterocycles. The van der Waals surface area contributed by atoms with Crippen molar-refractivity contribution < 1.29 is 22.5 Å². The van der Waals surface area contributed by atoms with Crippen LogP contribution in [0.3, 0.4) is 0 Å². The van der Waals surface area contributed by atoms with Crippen molar-refractivity contribution in [1.29, 1.82) is 0 Å². The van der Waals surface area contributed by atoms with Crippen LogP contribution >= 0.6 is 0 Å². The smallest absolute Gasteiger partial charge is 0.274 e. The van der Waals surface area contributed by atoms with E-state index in [1.807, 2.05) is 0 Å². The molecule has 1 N–H and O–H groups in total. The van der Waals surface area contributed by atoms with Crippen LogP contribution in [0.4, 0.5) is 0 Å². The molecule has 25 heavy (non-hydrogen) atoms. The number of hydrogen-bond acceptors (Lipinski definition) is 5. The molecule has 0 radical (unpaired) electrons. The van der Waals surface area contributed by atoms with Gasteiger partial charge in [-0.15, -0.1) is 0 Å². The van der Waals surface area contributed by atoms with Gasteiger partial charge in [-0.1, -0.05) is 81.4 Å². The van der Waals surface area contributed by atoms with E-state index in [2.05, 4.69) is 0 Å². The van der Waals surface area contributed by atoms with Gasteiger partial charge >= 0.3 is 0 Å². The molecule has 5 nitrogen and oxygen atoms in total. The second-order valence-corrected chi connectivity index (χ2v) is 8.43. The van der Waals surface area contributed by atoms with Crippen LogP contribution in [-0.2, 0) is 30.6 Å². The van der Waals surface area contributed by atoms with Crippen LogP contribution < -0.4 is 0 Å². The van der Waals surface area contributed by atoms with Gasteiger partial charge in [-0.25, -0.2) is 4.18 Å². The number of ketones is 1. The highest BCUT2D eigenvalue weighted by Crippen LogP contribution is 2.34. The maximum Gasteiger partial charge on any atom is 0.274 e. The van der Waals surface area contributed by atoms with Crippen LogP contribution in [0.5, 0.6) is 0 Å². The minimum absolute atomic E-state index is 0.0755. The Hall–Kier alpha value is -2.02. The summed E-state index contributed by atoms with van der Waals surface area (Å²) in [6, 6.07) is 16.3. The maximum atomic E-state index is 12.8. The Labute approximate surface area is 148 Å². The van der Waals surface area contributed by atoms with E-state index in [0.29, 0.717) is 5.56 Å². The SMILES string of the molecule is CC(C)(C)C(=O)C(O)(OS(=O)(=O)Cc1ccccc1)c1ccccc1. The summed E-state index contributed by atoms with van der Waals surface area (Å²) in [6.45, 7) is 4.78. The second kappa shape index (κ2) is 7.07. The molecule has 0 heterocycles. The highest BCUT2D eigenvalue weighted by Gasteiger charge is 2.48. The molecule has 0 aliphatic heterocycles. The third-order valence-corrected chi connectivity index (χ3v) is 4.77. The lowest BCUT2D eigenvalue weighted by Crippen LogP contribution is -2.46. The molecule has 0 spiro atoms. The highest BCUT2D eigenvalue weighted by atomic mass is 32.2. The van der Waals surface area contributed by atoms with Gasteiger partial charge in [0.25, 0.3) is 15.9 Å². The number of carbonyl (C=O) groups excluding carboxylic acids is 1. The summed E-state index contributed by atoms with van der Waals surface area (Å²) in [7, 11) is -4.22. The molecular formula is C19H22O5S. The lowest BCUT2D eigenvalue weighted by molar-refractivity contribution is -0.183. The number of benzene rings is 2. The summed E-state index contributed by atoms with van der Waals surface area (Å²) in [5.41, 5.74) is -0.431. The number of hydrogen-bond donors (Lipinski definition) is 1. The van der Waals surface area contributed by atoms with Crippen molar-refractivity contribution in [2.45, 2.75) is 32.3 Å². The average molecular weight is 362 g/mol. The van der Waals surface area contributed by atoms with Crippen molar-refractivity contribution >= 4 is 15.9 Å². The lowest BCUT2D eigenvalue weighted by atomic mass is 9.83. The first-order chi connectivity index (χ1) is 11.5. The van der Waals surface area contributed by atoms with Crippen LogP contribution in [0.15, 0.2) is 60.7 Å². The Morgan fingerprint density at radius 1 is 0.960 bits per heavy atom. The molecule has 134 valence electrons. The molecule has 0 fully saturated rings. The Morgan fingerprint density at radius 2 is 1.44 bits per heavy atom. The number of carbonyl (C=O) groups is 1. The minimum atomic E-state index is -4.22. The van der Waals surface area contributed by atoms with Crippen LogP contribution in [0.25, 0.3) is 0 Å². The van der Waals surface area contributed by atoms with E-state index in [9.17, 15) is 18.3 Å². The Balaban J connectivity index is 2.42. The van der Waals surface area contributed by atoms with Crippen molar-refractivity contribution in [1.82, 2.24) is 0 Å². The normalized spacial score (nSPS) is 14.7. The van der Waals surface area contributed by atoms with E-state index in [-0.39, 0.29) is 5.56 Å². The quantitative estimate of drug-likeness (QED) is 0.631. The van der Waals surface area contributed by atoms with E-state index in [0.717, 1.165) is 0 Å². The predicted octanol–water partition coefficient (Wildman–Crippen LogP) is 2.99. The van der Waals surface area contributed by atoms with Gasteiger partial charge in [0, 0.05) is 11.0 Å². The zero-order valence-electron chi connectivity index (χ0n) is 14.5. The first kappa shape index (κ1) is 19.3. The van der Waals surface area contributed by atoms with Gasteiger partial charge in [0.2, 0.25) is 5.78 Å². The fourth-order valence-corrected chi connectivity index (χ4v) is 3.58. The summed E-state index contributed by atoms with van der Waals surface area (Å²) in [4.78, 5) is 12.8. The van der Waals surface area contributed by atoms with Gasteiger partial charge in [0.1, 0.15) is 5.75 Å². The van der Waals surface area contributed by atoms with Gasteiger partial charge in [-0.05, 0) is 5.56 Å².